The largest absolute Gasteiger partial charge is 0.383 e. The summed E-state index contributed by atoms with van der Waals surface area (Å²) in [5.74, 6) is 0. The van der Waals surface area contributed by atoms with Crippen LogP contribution < -0.4 is 10.7 Å². The number of rotatable bonds is 4. The SMILES string of the molecule is Cc1ccccc1NCCn1ccc(=O)c2ccccc21. The Morgan fingerprint density at radius 2 is 1.76 bits per heavy atom. The quantitative estimate of drug-likeness (QED) is 0.793. The summed E-state index contributed by atoms with van der Waals surface area (Å²) in [7, 11) is 0. The number of anilines is 1. The van der Waals surface area contributed by atoms with Crippen LogP contribution >= 0.6 is 0 Å². The number of hydrogen-bond donors (Lipinski definition) is 1. The van der Waals surface area contributed by atoms with Gasteiger partial charge in [-0.15, -0.1) is 0 Å². The van der Waals surface area contributed by atoms with Crippen molar-refractivity contribution in [2.75, 3.05) is 11.9 Å². The fraction of sp³-hybridized carbons (Fsp3) is 0.167. The fourth-order valence-corrected chi connectivity index (χ4v) is 2.54. The Morgan fingerprint density at radius 3 is 2.62 bits per heavy atom. The van der Waals surface area contributed by atoms with Crippen LogP contribution in [0.15, 0.2) is 65.6 Å². The molecule has 3 nitrogen and oxygen atoms in total. The number of aromatic nitrogens is 1. The van der Waals surface area contributed by atoms with Crippen molar-refractivity contribution in [1.82, 2.24) is 4.57 Å². The zero-order valence-electron chi connectivity index (χ0n) is 12.0. The van der Waals surface area contributed by atoms with Crippen molar-refractivity contribution in [3.63, 3.8) is 0 Å². The van der Waals surface area contributed by atoms with Crippen molar-refractivity contribution in [2.24, 2.45) is 0 Å². The predicted octanol–water partition coefficient (Wildman–Crippen LogP) is 3.42. The first-order chi connectivity index (χ1) is 10.3. The minimum absolute atomic E-state index is 0.0775. The summed E-state index contributed by atoms with van der Waals surface area (Å²) in [5.41, 5.74) is 3.45. The van der Waals surface area contributed by atoms with Gasteiger partial charge in [-0.05, 0) is 30.7 Å². The molecule has 21 heavy (non-hydrogen) atoms. The molecule has 2 aromatic carbocycles. The summed E-state index contributed by atoms with van der Waals surface area (Å²) >= 11 is 0. The van der Waals surface area contributed by atoms with Gasteiger partial charge in [0, 0.05) is 36.4 Å². The number of fused-ring (bicyclic) bond motifs is 1. The molecule has 0 atom stereocenters. The van der Waals surface area contributed by atoms with E-state index in [1.807, 2.05) is 42.6 Å². The lowest BCUT2D eigenvalue weighted by Crippen LogP contribution is -2.14. The zero-order chi connectivity index (χ0) is 14.7. The molecule has 0 saturated carbocycles. The van der Waals surface area contributed by atoms with Gasteiger partial charge in [-0.1, -0.05) is 30.3 Å². The van der Waals surface area contributed by atoms with Crippen LogP contribution in [-0.2, 0) is 6.54 Å². The van der Waals surface area contributed by atoms with Crippen LogP contribution in [0.1, 0.15) is 5.56 Å². The molecule has 1 aromatic heterocycles. The molecule has 3 heteroatoms. The molecule has 0 bridgehead atoms. The standard InChI is InChI=1S/C18H18N2O/c1-14-6-2-4-8-16(14)19-11-13-20-12-10-18(21)15-7-3-5-9-17(15)20/h2-10,12,19H,11,13H2,1H3. The average molecular weight is 278 g/mol. The van der Waals surface area contributed by atoms with Crippen LogP contribution in [-0.4, -0.2) is 11.1 Å². The third-order valence-electron chi connectivity index (χ3n) is 3.70. The number of para-hydroxylation sites is 2. The lowest BCUT2D eigenvalue weighted by molar-refractivity contribution is 0.749. The minimum atomic E-state index is 0.0775. The van der Waals surface area contributed by atoms with Gasteiger partial charge in [0.25, 0.3) is 0 Å². The molecule has 0 unspecified atom stereocenters. The number of nitrogens with zero attached hydrogens (tertiary/aromatic N) is 1. The van der Waals surface area contributed by atoms with Gasteiger partial charge >= 0.3 is 0 Å². The zero-order valence-corrected chi connectivity index (χ0v) is 12.0. The Hall–Kier alpha value is -2.55. The molecular weight excluding hydrogens is 260 g/mol. The molecule has 0 radical (unpaired) electrons. The molecule has 3 rings (SSSR count). The van der Waals surface area contributed by atoms with Gasteiger partial charge in [0.1, 0.15) is 0 Å². The highest BCUT2D eigenvalue weighted by Crippen LogP contribution is 2.13. The molecule has 1 heterocycles. The third-order valence-corrected chi connectivity index (χ3v) is 3.70. The van der Waals surface area contributed by atoms with E-state index < -0.39 is 0 Å². The topological polar surface area (TPSA) is 34.0 Å². The van der Waals surface area contributed by atoms with E-state index in [-0.39, 0.29) is 5.43 Å². The Labute approximate surface area is 123 Å². The van der Waals surface area contributed by atoms with Crippen LogP contribution in [0.4, 0.5) is 5.69 Å². The van der Waals surface area contributed by atoms with E-state index in [0.29, 0.717) is 0 Å². The summed E-state index contributed by atoms with van der Waals surface area (Å²) in [5, 5.41) is 4.22. The first-order valence-corrected chi connectivity index (χ1v) is 7.13. The summed E-state index contributed by atoms with van der Waals surface area (Å²) in [6, 6.07) is 17.6. The van der Waals surface area contributed by atoms with Crippen molar-refractivity contribution >= 4 is 16.6 Å². The molecule has 0 saturated heterocycles. The Kier molecular flexibility index (Phi) is 3.73. The maximum Gasteiger partial charge on any atom is 0.189 e. The Morgan fingerprint density at radius 1 is 1.00 bits per heavy atom. The van der Waals surface area contributed by atoms with E-state index in [4.69, 9.17) is 0 Å². The highest BCUT2D eigenvalue weighted by Gasteiger charge is 2.02. The minimum Gasteiger partial charge on any atom is -0.383 e. The maximum atomic E-state index is 11.8. The summed E-state index contributed by atoms with van der Waals surface area (Å²) in [4.78, 5) is 11.8. The summed E-state index contributed by atoms with van der Waals surface area (Å²) < 4.78 is 2.11. The molecule has 0 fully saturated rings. The van der Waals surface area contributed by atoms with Gasteiger partial charge in [0.2, 0.25) is 0 Å². The Balaban J connectivity index is 1.79. The van der Waals surface area contributed by atoms with Gasteiger partial charge in [0.05, 0.1) is 5.52 Å². The molecule has 0 amide bonds. The summed E-state index contributed by atoms with van der Waals surface area (Å²) in [6.45, 7) is 3.73. The molecule has 106 valence electrons. The van der Waals surface area contributed by atoms with Crippen LogP contribution in [0.25, 0.3) is 10.9 Å². The first-order valence-electron chi connectivity index (χ1n) is 7.13. The smallest absolute Gasteiger partial charge is 0.189 e. The van der Waals surface area contributed by atoms with Crippen molar-refractivity contribution in [3.8, 4) is 0 Å². The van der Waals surface area contributed by atoms with E-state index in [0.717, 1.165) is 29.7 Å². The number of benzene rings is 2. The van der Waals surface area contributed by atoms with Crippen molar-refractivity contribution in [2.45, 2.75) is 13.5 Å². The number of aryl methyl sites for hydroxylation is 1. The lowest BCUT2D eigenvalue weighted by Gasteiger charge is -2.13. The molecule has 1 N–H and O–H groups in total. The molecule has 0 aliphatic heterocycles. The van der Waals surface area contributed by atoms with Crippen LogP contribution in [0.3, 0.4) is 0 Å². The van der Waals surface area contributed by atoms with Gasteiger partial charge < -0.3 is 9.88 Å². The second-order valence-corrected chi connectivity index (χ2v) is 5.13. The Bertz CT molecular complexity index is 821. The average Bonchev–Trinajstić information content (AvgIpc) is 2.52. The van der Waals surface area contributed by atoms with Crippen LogP contribution in [0, 0.1) is 6.92 Å². The van der Waals surface area contributed by atoms with Crippen molar-refractivity contribution in [1.29, 1.82) is 0 Å². The van der Waals surface area contributed by atoms with E-state index in [9.17, 15) is 4.79 Å². The van der Waals surface area contributed by atoms with Gasteiger partial charge in [0.15, 0.2) is 5.43 Å². The number of hydrogen-bond acceptors (Lipinski definition) is 2. The molecule has 0 spiro atoms. The van der Waals surface area contributed by atoms with Crippen molar-refractivity contribution in [3.05, 3.63) is 76.6 Å². The first kappa shape index (κ1) is 13.4. The van der Waals surface area contributed by atoms with Gasteiger partial charge in [-0.25, -0.2) is 0 Å². The van der Waals surface area contributed by atoms with E-state index in [1.54, 1.807) is 6.07 Å². The highest BCUT2D eigenvalue weighted by atomic mass is 16.1. The molecular formula is C18H18N2O. The highest BCUT2D eigenvalue weighted by molar-refractivity contribution is 5.78. The van der Waals surface area contributed by atoms with Gasteiger partial charge in [-0.2, -0.15) is 0 Å². The second kappa shape index (κ2) is 5.83. The van der Waals surface area contributed by atoms with Crippen molar-refractivity contribution < 1.29 is 0 Å². The van der Waals surface area contributed by atoms with E-state index >= 15 is 0 Å². The van der Waals surface area contributed by atoms with Crippen LogP contribution in [0.5, 0.6) is 0 Å². The fourth-order valence-electron chi connectivity index (χ4n) is 2.54. The normalized spacial score (nSPS) is 10.7. The van der Waals surface area contributed by atoms with E-state index in [2.05, 4.69) is 28.9 Å². The number of pyridine rings is 1. The molecule has 3 aromatic rings. The molecule has 0 aliphatic carbocycles. The maximum absolute atomic E-state index is 11.8. The predicted molar refractivity (Wildman–Crippen MR) is 87.9 cm³/mol. The van der Waals surface area contributed by atoms with E-state index in [1.165, 1.54) is 5.56 Å². The van der Waals surface area contributed by atoms with Gasteiger partial charge in [-0.3, -0.25) is 4.79 Å². The van der Waals surface area contributed by atoms with Crippen LogP contribution in [0.2, 0.25) is 0 Å². The molecule has 0 aliphatic rings. The monoisotopic (exact) mass is 278 g/mol. The number of nitrogens with one attached hydrogen (secondary N) is 1. The second-order valence-electron chi connectivity index (χ2n) is 5.13. The third kappa shape index (κ3) is 2.82. The lowest BCUT2D eigenvalue weighted by atomic mass is 10.2. The summed E-state index contributed by atoms with van der Waals surface area (Å²) in [6.07, 6.45) is 1.87.